The topological polar surface area (TPSA) is 208 Å². The lowest BCUT2D eigenvalue weighted by Gasteiger charge is -2.39. The zero-order chi connectivity index (χ0) is 46.5. The maximum absolute atomic E-state index is 13.6. The largest absolute Gasteiger partial charge is 0.484 e. The number of unbranched alkanes of at least 4 members (excludes halogenated alkanes) is 4. The third-order valence-corrected chi connectivity index (χ3v) is 12.9. The fourth-order valence-corrected chi connectivity index (χ4v) is 9.11. The van der Waals surface area contributed by atoms with Gasteiger partial charge in [0.15, 0.2) is 6.23 Å². The van der Waals surface area contributed by atoms with E-state index >= 15 is 0 Å². The Morgan fingerprint density at radius 2 is 1.17 bits per heavy atom. The number of hydrogen-bond acceptors (Lipinski definition) is 13. The highest BCUT2D eigenvalue weighted by Gasteiger charge is 2.39. The number of quaternary nitrogens is 1. The monoisotopic (exact) mass is 922 g/mol. The number of aromatic nitrogens is 2. The van der Waals surface area contributed by atoms with Crippen LogP contribution in [0.3, 0.4) is 0 Å². The molecule has 1 aliphatic rings. The van der Waals surface area contributed by atoms with Crippen molar-refractivity contribution in [2.24, 2.45) is 0 Å². The number of esters is 2. The summed E-state index contributed by atoms with van der Waals surface area (Å²) in [5.41, 5.74) is -0.161. The van der Waals surface area contributed by atoms with Gasteiger partial charge in [0, 0.05) is 25.6 Å². The zero-order valence-electron chi connectivity index (χ0n) is 37.7. The van der Waals surface area contributed by atoms with E-state index in [9.17, 15) is 33.2 Å². The SMILES string of the molecule is CC(=O)Oc1ccc(COP(=O)(OCc2ccc(OC(C)=O)cc2)OP(=O)(O)OC[C@@H]2C=C[C@H](n3cc(C)c(=O)[nH]c3=O)O2)cc1.CCCC[N+](CCCC)(CCCC)CCCC. The zero-order valence-corrected chi connectivity index (χ0v) is 39.4. The van der Waals surface area contributed by atoms with Crippen LogP contribution in [0, 0.1) is 6.92 Å². The van der Waals surface area contributed by atoms with Crippen molar-refractivity contribution in [2.45, 2.75) is 125 Å². The number of phosphoric ester groups is 2. The molecule has 0 radical (unpaired) electrons. The molecular weight excluding hydrogens is 856 g/mol. The number of nitrogens with one attached hydrogen (secondary N) is 1. The Labute approximate surface area is 370 Å². The summed E-state index contributed by atoms with van der Waals surface area (Å²) >= 11 is 0. The van der Waals surface area contributed by atoms with Crippen LogP contribution in [0.1, 0.15) is 116 Å². The quantitative estimate of drug-likeness (QED) is 0.0254. The van der Waals surface area contributed by atoms with Gasteiger partial charge in [-0.05, 0) is 74.1 Å². The highest BCUT2D eigenvalue weighted by Crippen LogP contribution is 2.64. The number of aromatic amines is 1. The van der Waals surface area contributed by atoms with Gasteiger partial charge >= 0.3 is 33.3 Å². The molecule has 63 heavy (non-hydrogen) atoms. The van der Waals surface area contributed by atoms with Crippen LogP contribution < -0.4 is 20.7 Å². The van der Waals surface area contributed by atoms with Crippen molar-refractivity contribution in [1.82, 2.24) is 9.55 Å². The molecule has 0 aliphatic carbocycles. The van der Waals surface area contributed by atoms with Gasteiger partial charge in [-0.1, -0.05) is 83.7 Å². The van der Waals surface area contributed by atoms with Gasteiger partial charge in [0.1, 0.15) is 17.6 Å². The summed E-state index contributed by atoms with van der Waals surface area (Å²) in [6.07, 6.45) is 13.4. The molecule has 19 heteroatoms. The summed E-state index contributed by atoms with van der Waals surface area (Å²) in [5.74, 6) is -0.541. The minimum Gasteiger partial charge on any atom is -0.427 e. The molecule has 3 atom stereocenters. The molecule has 0 saturated carbocycles. The summed E-state index contributed by atoms with van der Waals surface area (Å²) in [6.45, 7) is 17.6. The number of rotatable bonds is 26. The number of ether oxygens (including phenoxy) is 3. The molecule has 2 aromatic carbocycles. The third-order valence-electron chi connectivity index (χ3n) is 9.92. The normalized spacial score (nSPS) is 15.9. The molecule has 1 unspecified atom stereocenters. The average Bonchev–Trinajstić information content (AvgIpc) is 3.72. The van der Waals surface area contributed by atoms with Crippen molar-refractivity contribution in [3.05, 3.63) is 104 Å². The molecular formula is C44H66N3O14P2+. The summed E-state index contributed by atoms with van der Waals surface area (Å²) in [4.78, 5) is 58.7. The van der Waals surface area contributed by atoms with Crippen LogP contribution in [0.25, 0.3) is 0 Å². The third kappa shape index (κ3) is 19.3. The molecule has 0 saturated heterocycles. The van der Waals surface area contributed by atoms with E-state index < -0.39 is 71.0 Å². The molecule has 17 nitrogen and oxygen atoms in total. The molecule has 0 bridgehead atoms. The lowest BCUT2D eigenvalue weighted by atomic mass is 10.1. The van der Waals surface area contributed by atoms with E-state index in [1.54, 1.807) is 0 Å². The van der Waals surface area contributed by atoms with E-state index in [0.29, 0.717) is 11.1 Å². The average molecular weight is 923 g/mol. The second-order valence-corrected chi connectivity index (χ2v) is 18.7. The van der Waals surface area contributed by atoms with Crippen molar-refractivity contribution in [2.75, 3.05) is 32.8 Å². The van der Waals surface area contributed by atoms with Crippen LogP contribution in [0.5, 0.6) is 11.5 Å². The van der Waals surface area contributed by atoms with Crippen molar-refractivity contribution in [3.8, 4) is 11.5 Å². The highest BCUT2D eigenvalue weighted by molar-refractivity contribution is 7.61. The summed E-state index contributed by atoms with van der Waals surface area (Å²) < 4.78 is 65.3. The van der Waals surface area contributed by atoms with E-state index in [4.69, 9.17) is 32.1 Å². The van der Waals surface area contributed by atoms with Crippen LogP contribution in [0.4, 0.5) is 0 Å². The molecule has 1 aliphatic heterocycles. The minimum atomic E-state index is -5.13. The van der Waals surface area contributed by atoms with Gasteiger partial charge in [-0.3, -0.25) is 37.5 Å². The Morgan fingerprint density at radius 3 is 1.59 bits per heavy atom. The lowest BCUT2D eigenvalue weighted by molar-refractivity contribution is -0.929. The highest BCUT2D eigenvalue weighted by atomic mass is 31.3. The molecule has 2 N–H and O–H groups in total. The summed E-state index contributed by atoms with van der Waals surface area (Å²) in [5, 5.41) is 0. The van der Waals surface area contributed by atoms with Gasteiger partial charge in [0.25, 0.3) is 5.56 Å². The van der Waals surface area contributed by atoms with E-state index in [2.05, 4.69) is 32.7 Å². The van der Waals surface area contributed by atoms with Gasteiger partial charge in [-0.15, -0.1) is 0 Å². The number of phosphoric acid groups is 2. The Morgan fingerprint density at radius 1 is 0.730 bits per heavy atom. The van der Waals surface area contributed by atoms with E-state index in [1.165, 1.54) is 170 Å². The van der Waals surface area contributed by atoms with Gasteiger partial charge < -0.3 is 23.6 Å². The fourth-order valence-electron chi connectivity index (χ4n) is 6.51. The van der Waals surface area contributed by atoms with E-state index in [-0.39, 0.29) is 17.1 Å². The Hall–Kier alpha value is -4.02. The molecule has 4 rings (SSSR count). The van der Waals surface area contributed by atoms with Crippen LogP contribution in [-0.4, -0.2) is 69.8 Å². The standard InChI is InChI=1S/C28H30N2O14P2.C16H36N/c1-18-14-30(28(34)29-27(18)33)26-13-12-25(43-26)17-38-45(35,36)44-46(37,39-15-21-4-8-23(9-5-21)41-19(2)31)40-16-22-6-10-24(11-7-22)42-20(3)32;1-5-9-13-17(14-10-6-2,15-11-7-3)16-12-8-4/h4-14,25-26H,15-17H2,1-3H3,(H,35,36)(H,29,33,34);5-16H2,1-4H3/q;+1/t25-,26+;/m0./s1. The lowest BCUT2D eigenvalue weighted by Crippen LogP contribution is -2.50. The number of carbonyl (C=O) groups excluding carboxylic acids is 2. The summed E-state index contributed by atoms with van der Waals surface area (Å²) in [7, 11) is -9.96. The van der Waals surface area contributed by atoms with Crippen LogP contribution in [0.2, 0.25) is 0 Å². The molecule has 0 fully saturated rings. The van der Waals surface area contributed by atoms with Gasteiger partial charge in [0.05, 0.1) is 46.0 Å². The van der Waals surface area contributed by atoms with Crippen molar-refractivity contribution < 1.29 is 60.2 Å². The van der Waals surface area contributed by atoms with Gasteiger partial charge in [-0.2, -0.15) is 4.31 Å². The van der Waals surface area contributed by atoms with Crippen molar-refractivity contribution in [3.63, 3.8) is 0 Å². The molecule has 0 spiro atoms. The second kappa shape index (κ2) is 26.7. The Kier molecular flexibility index (Phi) is 22.6. The first-order chi connectivity index (χ1) is 29.9. The fraction of sp³-hybridized carbons (Fsp3) is 0.545. The van der Waals surface area contributed by atoms with Crippen LogP contribution in [0.15, 0.2) is 76.5 Å². The first-order valence-corrected chi connectivity index (χ1v) is 24.5. The van der Waals surface area contributed by atoms with E-state index in [1.807, 2.05) is 0 Å². The number of H-pyrrole nitrogens is 1. The van der Waals surface area contributed by atoms with Crippen molar-refractivity contribution >= 4 is 27.6 Å². The van der Waals surface area contributed by atoms with Crippen molar-refractivity contribution in [1.29, 1.82) is 0 Å². The molecule has 0 amide bonds. The van der Waals surface area contributed by atoms with E-state index in [0.717, 1.165) is 4.57 Å². The van der Waals surface area contributed by atoms with Crippen LogP contribution >= 0.6 is 15.6 Å². The first kappa shape index (κ1) is 53.3. The molecule has 3 aromatic rings. The Balaban J connectivity index is 0.000000525. The number of hydrogen-bond donors (Lipinski definition) is 2. The van der Waals surface area contributed by atoms with Gasteiger partial charge in [-0.25, -0.2) is 13.9 Å². The number of carbonyl (C=O) groups is 2. The smallest absolute Gasteiger partial charge is 0.427 e. The maximum Gasteiger partial charge on any atom is 0.484 e. The maximum atomic E-state index is 13.6. The van der Waals surface area contributed by atoms with Crippen LogP contribution in [-0.2, 0) is 54.6 Å². The number of nitrogens with zero attached hydrogens (tertiary/aromatic N) is 2. The summed E-state index contributed by atoms with van der Waals surface area (Å²) in [6, 6.07) is 11.8. The number of benzene rings is 2. The predicted octanol–water partition coefficient (Wildman–Crippen LogP) is 8.83. The second-order valence-electron chi connectivity index (χ2n) is 15.4. The number of aryl methyl sites for hydroxylation is 1. The molecule has 1 aromatic heterocycles. The predicted molar refractivity (Wildman–Crippen MR) is 238 cm³/mol. The van der Waals surface area contributed by atoms with Gasteiger partial charge in [0.2, 0.25) is 0 Å². The molecule has 350 valence electrons. The Bertz CT molecular complexity index is 2020. The first-order valence-electron chi connectivity index (χ1n) is 21.6. The minimum absolute atomic E-state index is 0.253. The molecule has 2 heterocycles.